The lowest BCUT2D eigenvalue weighted by Gasteiger charge is -2.30. The molecule has 1 atom stereocenters. The van der Waals surface area contributed by atoms with Gasteiger partial charge in [-0.25, -0.2) is 13.1 Å². The summed E-state index contributed by atoms with van der Waals surface area (Å²) in [6, 6.07) is 6.89. The van der Waals surface area contributed by atoms with Crippen molar-refractivity contribution < 1.29 is 17.9 Å². The van der Waals surface area contributed by atoms with E-state index in [2.05, 4.69) is 21.1 Å². The summed E-state index contributed by atoms with van der Waals surface area (Å²) in [6.45, 7) is 2.30. The van der Waals surface area contributed by atoms with Crippen LogP contribution in [0.2, 0.25) is 0 Å². The fourth-order valence-electron chi connectivity index (χ4n) is 3.59. The number of rotatable bonds is 8. The van der Waals surface area contributed by atoms with Crippen LogP contribution in [0.25, 0.3) is 0 Å². The number of thiophene rings is 1. The van der Waals surface area contributed by atoms with Gasteiger partial charge in [0.25, 0.3) is 0 Å². The molecule has 0 unspecified atom stereocenters. The minimum Gasteiger partial charge on any atom is -0.497 e. The van der Waals surface area contributed by atoms with Crippen molar-refractivity contribution in [2.75, 3.05) is 33.9 Å². The topological polar surface area (TPSA) is 67.9 Å². The minimum absolute atomic E-state index is 0.0238. The van der Waals surface area contributed by atoms with E-state index in [4.69, 9.17) is 9.47 Å². The Morgan fingerprint density at radius 3 is 2.46 bits per heavy atom. The van der Waals surface area contributed by atoms with E-state index in [0.717, 1.165) is 31.5 Å². The molecule has 0 saturated carbocycles. The Morgan fingerprint density at radius 1 is 1.11 bits per heavy atom. The van der Waals surface area contributed by atoms with Crippen LogP contribution in [0.15, 0.2) is 39.9 Å². The third-order valence-corrected chi connectivity index (χ3v) is 7.28. The van der Waals surface area contributed by atoms with Crippen molar-refractivity contribution in [2.24, 2.45) is 0 Å². The highest BCUT2D eigenvalue weighted by atomic mass is 32.2. The number of benzene rings is 1. The van der Waals surface area contributed by atoms with Crippen molar-refractivity contribution in [3.05, 3.63) is 40.6 Å². The number of sulfonamides is 1. The number of ether oxygens (including phenoxy) is 2. The lowest BCUT2D eigenvalue weighted by Crippen LogP contribution is -2.38. The van der Waals surface area contributed by atoms with E-state index in [1.807, 2.05) is 5.38 Å². The molecule has 2 aromatic rings. The van der Waals surface area contributed by atoms with Crippen molar-refractivity contribution in [1.82, 2.24) is 9.62 Å². The number of hydrogen-bond donors (Lipinski definition) is 1. The SMILES string of the molecule is COc1ccc(OC)c(S(=O)(=O)NC[C@H](c2ccsc2)N2CCCCCC2)c1. The summed E-state index contributed by atoms with van der Waals surface area (Å²) in [4.78, 5) is 2.50. The van der Waals surface area contributed by atoms with Crippen LogP contribution in [0.3, 0.4) is 0 Å². The van der Waals surface area contributed by atoms with Crippen LogP contribution in [-0.4, -0.2) is 47.2 Å². The molecule has 0 spiro atoms. The molecule has 1 saturated heterocycles. The van der Waals surface area contributed by atoms with Crippen LogP contribution < -0.4 is 14.2 Å². The molecule has 0 radical (unpaired) electrons. The van der Waals surface area contributed by atoms with Gasteiger partial charge in [-0.2, -0.15) is 11.3 Å². The summed E-state index contributed by atoms with van der Waals surface area (Å²) in [5.74, 6) is 0.776. The zero-order valence-corrected chi connectivity index (χ0v) is 18.0. The smallest absolute Gasteiger partial charge is 0.244 e. The third-order valence-electron chi connectivity index (χ3n) is 5.14. The number of methoxy groups -OCH3 is 2. The predicted molar refractivity (Wildman–Crippen MR) is 112 cm³/mol. The molecule has 1 N–H and O–H groups in total. The number of hydrogen-bond acceptors (Lipinski definition) is 6. The van der Waals surface area contributed by atoms with Gasteiger partial charge in [-0.3, -0.25) is 4.90 Å². The lowest BCUT2D eigenvalue weighted by atomic mass is 10.1. The summed E-state index contributed by atoms with van der Waals surface area (Å²) in [6.07, 6.45) is 4.77. The van der Waals surface area contributed by atoms with Crippen molar-refractivity contribution in [3.63, 3.8) is 0 Å². The first-order chi connectivity index (χ1) is 13.5. The van der Waals surface area contributed by atoms with Crippen LogP contribution in [0.5, 0.6) is 11.5 Å². The van der Waals surface area contributed by atoms with Gasteiger partial charge in [0.05, 0.1) is 14.2 Å². The molecule has 154 valence electrons. The second kappa shape index (κ2) is 9.73. The second-order valence-corrected chi connectivity index (χ2v) is 9.41. The summed E-state index contributed by atoms with van der Waals surface area (Å²) in [5.41, 5.74) is 1.16. The maximum absolute atomic E-state index is 13.0. The van der Waals surface area contributed by atoms with E-state index in [9.17, 15) is 8.42 Å². The molecule has 28 heavy (non-hydrogen) atoms. The Balaban J connectivity index is 1.82. The Kier molecular flexibility index (Phi) is 7.34. The largest absolute Gasteiger partial charge is 0.497 e. The Hall–Kier alpha value is -1.61. The van der Waals surface area contributed by atoms with E-state index in [1.54, 1.807) is 23.5 Å². The van der Waals surface area contributed by atoms with E-state index in [-0.39, 0.29) is 10.9 Å². The van der Waals surface area contributed by atoms with Gasteiger partial charge < -0.3 is 9.47 Å². The predicted octanol–water partition coefficient (Wildman–Crippen LogP) is 3.66. The van der Waals surface area contributed by atoms with Gasteiger partial charge in [0.1, 0.15) is 16.4 Å². The third kappa shape index (κ3) is 5.05. The lowest BCUT2D eigenvalue weighted by molar-refractivity contribution is 0.206. The number of likely N-dealkylation sites (tertiary alicyclic amines) is 1. The summed E-state index contributed by atoms with van der Waals surface area (Å²) in [7, 11) is -0.772. The molecule has 6 nitrogen and oxygen atoms in total. The molecule has 0 bridgehead atoms. The minimum atomic E-state index is -3.75. The highest BCUT2D eigenvalue weighted by molar-refractivity contribution is 7.89. The van der Waals surface area contributed by atoms with E-state index >= 15 is 0 Å². The fraction of sp³-hybridized carbons (Fsp3) is 0.500. The Labute approximate surface area is 171 Å². The number of nitrogens with one attached hydrogen (secondary N) is 1. The zero-order valence-electron chi connectivity index (χ0n) is 16.4. The summed E-state index contributed by atoms with van der Waals surface area (Å²) in [5, 5.41) is 4.15. The van der Waals surface area contributed by atoms with Gasteiger partial charge in [0, 0.05) is 18.7 Å². The highest BCUT2D eigenvalue weighted by Crippen LogP contribution is 2.30. The van der Waals surface area contributed by atoms with Gasteiger partial charge in [-0.05, 0) is 60.5 Å². The first kappa shape index (κ1) is 21.1. The molecule has 3 rings (SSSR count). The second-order valence-electron chi connectivity index (χ2n) is 6.89. The molecule has 8 heteroatoms. The Morgan fingerprint density at radius 2 is 1.86 bits per heavy atom. The quantitative estimate of drug-likeness (QED) is 0.700. The molecule has 1 aliphatic rings. The number of nitrogens with zero attached hydrogens (tertiary/aromatic N) is 1. The monoisotopic (exact) mass is 424 g/mol. The van der Waals surface area contributed by atoms with Crippen LogP contribution in [0, 0.1) is 0 Å². The fourth-order valence-corrected chi connectivity index (χ4v) is 5.52. The van der Waals surface area contributed by atoms with Crippen LogP contribution in [0.4, 0.5) is 0 Å². The van der Waals surface area contributed by atoms with Crippen LogP contribution in [-0.2, 0) is 10.0 Å². The highest BCUT2D eigenvalue weighted by Gasteiger charge is 2.26. The summed E-state index contributed by atoms with van der Waals surface area (Å²) < 4.78 is 39.3. The van der Waals surface area contributed by atoms with E-state index < -0.39 is 10.0 Å². The van der Waals surface area contributed by atoms with Gasteiger partial charge in [-0.1, -0.05) is 12.8 Å². The standard InChI is InChI=1S/C20H28N2O4S2/c1-25-17-7-8-19(26-2)20(13-17)28(23,24)21-14-18(16-9-12-27-15-16)22-10-5-3-4-6-11-22/h7-9,12-13,15,18,21H,3-6,10-11,14H2,1-2H3/t18-/m1/s1. The molecule has 1 aliphatic heterocycles. The maximum atomic E-state index is 13.0. The average Bonchev–Trinajstić information content (AvgIpc) is 3.10. The normalized spacial score (nSPS) is 17.1. The van der Waals surface area contributed by atoms with Crippen molar-refractivity contribution in [3.8, 4) is 11.5 Å². The molecule has 1 fully saturated rings. The van der Waals surface area contributed by atoms with Gasteiger partial charge in [-0.15, -0.1) is 0 Å². The molecule has 0 amide bonds. The first-order valence-electron chi connectivity index (χ1n) is 9.53. The zero-order chi connectivity index (χ0) is 20.0. The van der Waals surface area contributed by atoms with Gasteiger partial charge in [0.2, 0.25) is 10.0 Å². The van der Waals surface area contributed by atoms with Crippen molar-refractivity contribution >= 4 is 21.4 Å². The molecular formula is C20H28N2O4S2. The maximum Gasteiger partial charge on any atom is 0.244 e. The van der Waals surface area contributed by atoms with Crippen LogP contribution >= 0.6 is 11.3 Å². The molecule has 0 aliphatic carbocycles. The molecular weight excluding hydrogens is 396 g/mol. The van der Waals surface area contributed by atoms with Gasteiger partial charge >= 0.3 is 0 Å². The van der Waals surface area contributed by atoms with Crippen molar-refractivity contribution in [2.45, 2.75) is 36.6 Å². The van der Waals surface area contributed by atoms with E-state index in [1.165, 1.54) is 33.1 Å². The van der Waals surface area contributed by atoms with E-state index in [0.29, 0.717) is 18.0 Å². The summed E-state index contributed by atoms with van der Waals surface area (Å²) >= 11 is 1.64. The van der Waals surface area contributed by atoms with Crippen LogP contribution in [0.1, 0.15) is 37.3 Å². The van der Waals surface area contributed by atoms with Crippen molar-refractivity contribution in [1.29, 1.82) is 0 Å². The first-order valence-corrected chi connectivity index (χ1v) is 12.0. The molecule has 1 aromatic carbocycles. The molecule has 2 heterocycles. The van der Waals surface area contributed by atoms with Gasteiger partial charge in [0.15, 0.2) is 0 Å². The Bertz CT molecular complexity index is 845. The molecule has 1 aromatic heterocycles. The average molecular weight is 425 g/mol.